The Labute approximate surface area is 108 Å². The van der Waals surface area contributed by atoms with Gasteiger partial charge in [-0.25, -0.2) is 4.98 Å². The zero-order chi connectivity index (χ0) is 13.6. The summed E-state index contributed by atoms with van der Waals surface area (Å²) in [6, 6.07) is 3.44. The maximum atomic E-state index is 5.61. The van der Waals surface area contributed by atoms with E-state index in [9.17, 15) is 0 Å². The molecule has 1 aliphatic heterocycles. The van der Waals surface area contributed by atoms with Gasteiger partial charge in [0.05, 0.1) is 6.61 Å². The summed E-state index contributed by atoms with van der Waals surface area (Å²) in [6.45, 7) is 8.77. The van der Waals surface area contributed by atoms with Crippen LogP contribution in [0.2, 0.25) is 0 Å². The number of nitrogens with two attached hydrogens (primary N) is 1. The van der Waals surface area contributed by atoms with Crippen molar-refractivity contribution in [2.75, 3.05) is 18.9 Å². The molecule has 1 aromatic rings. The highest BCUT2D eigenvalue weighted by atomic mass is 16.7. The fourth-order valence-electron chi connectivity index (χ4n) is 1.55. The third kappa shape index (κ3) is 4.50. The van der Waals surface area contributed by atoms with E-state index < -0.39 is 5.79 Å². The van der Waals surface area contributed by atoms with Gasteiger partial charge in [0.15, 0.2) is 5.79 Å². The zero-order valence-electron chi connectivity index (χ0n) is 11.5. The van der Waals surface area contributed by atoms with Crippen LogP contribution >= 0.6 is 0 Å². The Morgan fingerprint density at radius 2 is 2.22 bits per heavy atom. The third-order valence-corrected chi connectivity index (χ3v) is 2.26. The van der Waals surface area contributed by atoms with Crippen molar-refractivity contribution in [1.29, 1.82) is 0 Å². The lowest BCUT2D eigenvalue weighted by molar-refractivity contribution is -0.141. The summed E-state index contributed by atoms with van der Waals surface area (Å²) >= 11 is 0. The number of ether oxygens (including phenoxy) is 3. The Bertz CT molecular complexity index is 369. The van der Waals surface area contributed by atoms with Crippen LogP contribution in [0.15, 0.2) is 18.3 Å². The minimum absolute atomic E-state index is 0.0376. The molecular formula is C13H22N2O3. The van der Waals surface area contributed by atoms with Crippen molar-refractivity contribution in [1.82, 2.24) is 4.98 Å². The summed E-state index contributed by atoms with van der Waals surface area (Å²) < 4.78 is 16.6. The van der Waals surface area contributed by atoms with Crippen LogP contribution in [0.1, 0.15) is 27.7 Å². The molecule has 0 aromatic carbocycles. The highest BCUT2D eigenvalue weighted by Gasteiger charge is 2.32. The average Bonchev–Trinajstić information content (AvgIpc) is 2.69. The lowest BCUT2D eigenvalue weighted by Crippen LogP contribution is -2.25. The second-order valence-corrected chi connectivity index (χ2v) is 4.18. The predicted octanol–water partition coefficient (Wildman–Crippen LogP) is 2.22. The monoisotopic (exact) mass is 254 g/mol. The number of rotatable bonds is 3. The first-order valence-corrected chi connectivity index (χ1v) is 6.21. The average molecular weight is 254 g/mol. The van der Waals surface area contributed by atoms with Crippen molar-refractivity contribution in [2.45, 2.75) is 39.6 Å². The Morgan fingerprint density at radius 1 is 1.50 bits per heavy atom. The number of hydrogen-bond donors (Lipinski definition) is 1. The van der Waals surface area contributed by atoms with Crippen LogP contribution in [-0.2, 0) is 9.47 Å². The molecule has 1 aromatic heterocycles. The number of nitrogen functional groups attached to an aromatic ring is 1. The number of anilines is 1. The molecule has 0 spiro atoms. The van der Waals surface area contributed by atoms with Crippen molar-refractivity contribution in [3.05, 3.63) is 18.3 Å². The predicted molar refractivity (Wildman–Crippen MR) is 70.4 cm³/mol. The van der Waals surface area contributed by atoms with Crippen LogP contribution in [0, 0.1) is 0 Å². The summed E-state index contributed by atoms with van der Waals surface area (Å²) in [5.74, 6) is 0.632. The zero-order valence-corrected chi connectivity index (χ0v) is 11.5. The van der Waals surface area contributed by atoms with Gasteiger partial charge in [-0.05, 0) is 19.9 Å². The molecule has 1 aliphatic rings. The largest absolute Gasteiger partial charge is 0.491 e. The first-order valence-electron chi connectivity index (χ1n) is 6.21. The van der Waals surface area contributed by atoms with Crippen LogP contribution < -0.4 is 10.5 Å². The smallest absolute Gasteiger partial charge is 0.163 e. The Hall–Kier alpha value is -1.33. The van der Waals surface area contributed by atoms with Crippen LogP contribution in [0.4, 0.5) is 5.82 Å². The van der Waals surface area contributed by atoms with Gasteiger partial charge in [0, 0.05) is 12.3 Å². The minimum Gasteiger partial charge on any atom is -0.491 e. The van der Waals surface area contributed by atoms with Gasteiger partial charge in [-0.1, -0.05) is 13.8 Å². The molecular weight excluding hydrogens is 232 g/mol. The van der Waals surface area contributed by atoms with E-state index in [0.29, 0.717) is 24.8 Å². The fraction of sp³-hybridized carbons (Fsp3) is 0.615. The van der Waals surface area contributed by atoms with Crippen molar-refractivity contribution in [2.24, 2.45) is 0 Å². The van der Waals surface area contributed by atoms with E-state index in [0.717, 1.165) is 0 Å². The van der Waals surface area contributed by atoms with E-state index in [1.807, 2.05) is 27.7 Å². The van der Waals surface area contributed by atoms with E-state index >= 15 is 0 Å². The quantitative estimate of drug-likeness (QED) is 0.895. The number of hydrogen-bond acceptors (Lipinski definition) is 5. The minimum atomic E-state index is -0.509. The van der Waals surface area contributed by atoms with Crippen LogP contribution in [0.25, 0.3) is 0 Å². The van der Waals surface area contributed by atoms with Crippen LogP contribution in [0.5, 0.6) is 5.75 Å². The summed E-state index contributed by atoms with van der Waals surface area (Å²) in [5.41, 5.74) is 5.54. The number of pyridine rings is 1. The number of nitrogens with zero attached hydrogens (tertiary/aromatic N) is 1. The number of aromatic nitrogens is 1. The first kappa shape index (κ1) is 14.7. The SMILES string of the molecule is CC.CC1(C)OCC(COc2ccnc(N)c2)O1. The molecule has 0 amide bonds. The maximum Gasteiger partial charge on any atom is 0.163 e. The second-order valence-electron chi connectivity index (χ2n) is 4.18. The molecule has 5 nitrogen and oxygen atoms in total. The van der Waals surface area contributed by atoms with E-state index in [1.165, 1.54) is 0 Å². The normalized spacial score (nSPS) is 21.0. The van der Waals surface area contributed by atoms with Gasteiger partial charge >= 0.3 is 0 Å². The van der Waals surface area contributed by atoms with Gasteiger partial charge in [0.1, 0.15) is 24.3 Å². The summed E-state index contributed by atoms with van der Waals surface area (Å²) in [7, 11) is 0. The van der Waals surface area contributed by atoms with Crippen molar-refractivity contribution in [3.8, 4) is 5.75 Å². The van der Waals surface area contributed by atoms with Crippen LogP contribution in [0.3, 0.4) is 0 Å². The lowest BCUT2D eigenvalue weighted by Gasteiger charge is -2.17. The van der Waals surface area contributed by atoms with Gasteiger partial charge in [0.2, 0.25) is 0 Å². The van der Waals surface area contributed by atoms with Gasteiger partial charge in [-0.3, -0.25) is 0 Å². The van der Waals surface area contributed by atoms with E-state index in [4.69, 9.17) is 19.9 Å². The Kier molecular flexibility index (Phi) is 5.37. The molecule has 5 heteroatoms. The lowest BCUT2D eigenvalue weighted by atomic mass is 10.4. The van der Waals surface area contributed by atoms with E-state index in [-0.39, 0.29) is 6.10 Å². The molecule has 0 bridgehead atoms. The third-order valence-electron chi connectivity index (χ3n) is 2.26. The van der Waals surface area contributed by atoms with Crippen molar-refractivity contribution >= 4 is 5.82 Å². The van der Waals surface area contributed by atoms with Crippen molar-refractivity contribution in [3.63, 3.8) is 0 Å². The molecule has 1 unspecified atom stereocenters. The Balaban J connectivity index is 0.000000771. The molecule has 1 saturated heterocycles. The maximum absolute atomic E-state index is 5.61. The molecule has 0 saturated carbocycles. The highest BCUT2D eigenvalue weighted by Crippen LogP contribution is 2.23. The Morgan fingerprint density at radius 3 is 2.78 bits per heavy atom. The molecule has 2 N–H and O–H groups in total. The summed E-state index contributed by atoms with van der Waals surface area (Å²) in [5, 5.41) is 0. The highest BCUT2D eigenvalue weighted by molar-refractivity contribution is 5.35. The van der Waals surface area contributed by atoms with E-state index in [2.05, 4.69) is 4.98 Å². The molecule has 1 atom stereocenters. The molecule has 0 aliphatic carbocycles. The molecule has 0 radical (unpaired) electrons. The molecule has 102 valence electrons. The van der Waals surface area contributed by atoms with E-state index in [1.54, 1.807) is 18.3 Å². The molecule has 1 fully saturated rings. The second kappa shape index (κ2) is 6.56. The molecule has 2 rings (SSSR count). The van der Waals surface area contributed by atoms with Gasteiger partial charge in [-0.2, -0.15) is 0 Å². The van der Waals surface area contributed by atoms with Crippen LogP contribution in [-0.4, -0.2) is 30.1 Å². The summed E-state index contributed by atoms with van der Waals surface area (Å²) in [6.07, 6.45) is 1.57. The standard InChI is InChI=1S/C11H16N2O3.C2H6/c1-11(2)15-7-9(16-11)6-14-8-3-4-13-10(12)5-8;1-2/h3-5,9H,6-7H2,1-2H3,(H2,12,13);1-2H3. The summed E-state index contributed by atoms with van der Waals surface area (Å²) in [4.78, 5) is 3.88. The van der Waals surface area contributed by atoms with Crippen molar-refractivity contribution < 1.29 is 14.2 Å². The van der Waals surface area contributed by atoms with Gasteiger partial charge in [0.25, 0.3) is 0 Å². The topological polar surface area (TPSA) is 66.6 Å². The molecule has 2 heterocycles. The van der Waals surface area contributed by atoms with Gasteiger partial charge in [-0.15, -0.1) is 0 Å². The first-order chi connectivity index (χ1) is 8.55. The van der Waals surface area contributed by atoms with Gasteiger partial charge < -0.3 is 19.9 Å². The molecule has 18 heavy (non-hydrogen) atoms. The fourth-order valence-corrected chi connectivity index (χ4v) is 1.55.